The van der Waals surface area contributed by atoms with Crippen LogP contribution in [0, 0.1) is 0 Å². The zero-order valence-electron chi connectivity index (χ0n) is 9.17. The minimum Gasteiger partial charge on any atom is -0.324 e. The van der Waals surface area contributed by atoms with Crippen LogP contribution < -0.4 is 5.32 Å². The molecule has 1 unspecified atom stereocenters. The third-order valence-electron chi connectivity index (χ3n) is 2.15. The van der Waals surface area contributed by atoms with E-state index in [4.69, 9.17) is 0 Å². The van der Waals surface area contributed by atoms with Crippen LogP contribution >= 0.6 is 15.9 Å². The van der Waals surface area contributed by atoms with Crippen molar-refractivity contribution in [3.8, 4) is 5.82 Å². The van der Waals surface area contributed by atoms with Gasteiger partial charge in [0.25, 0.3) is 0 Å². The maximum absolute atomic E-state index is 11.4. The molecule has 0 radical (unpaired) electrons. The Balaban J connectivity index is 2.11. The summed E-state index contributed by atoms with van der Waals surface area (Å²) >= 11 is 3.20. The lowest BCUT2D eigenvalue weighted by molar-refractivity contribution is -0.115. The minimum absolute atomic E-state index is 0.0952. The quantitative estimate of drug-likeness (QED) is 0.881. The fourth-order valence-electron chi connectivity index (χ4n) is 1.25. The Morgan fingerprint density at radius 3 is 2.88 bits per heavy atom. The number of carbonyl (C=O) groups is 1. The van der Waals surface area contributed by atoms with Gasteiger partial charge in [0, 0.05) is 12.4 Å². The van der Waals surface area contributed by atoms with Crippen LogP contribution in [0.15, 0.2) is 37.1 Å². The van der Waals surface area contributed by atoms with Crippen LogP contribution in [-0.2, 0) is 4.79 Å². The molecule has 0 fully saturated rings. The second-order valence-electron chi connectivity index (χ2n) is 3.48. The molecule has 1 atom stereocenters. The normalized spacial score (nSPS) is 12.1. The summed E-state index contributed by atoms with van der Waals surface area (Å²) in [4.78, 5) is 19.4. The molecule has 0 aliphatic rings. The number of amides is 1. The molecule has 0 aromatic carbocycles. The summed E-state index contributed by atoms with van der Waals surface area (Å²) in [5.74, 6) is 0.662. The maximum Gasteiger partial charge on any atom is 0.237 e. The molecule has 88 valence electrons. The van der Waals surface area contributed by atoms with Crippen molar-refractivity contribution < 1.29 is 4.79 Å². The molecule has 2 aromatic heterocycles. The van der Waals surface area contributed by atoms with Crippen LogP contribution in [0.1, 0.15) is 6.92 Å². The van der Waals surface area contributed by atoms with Crippen LogP contribution in [0.2, 0.25) is 0 Å². The molecule has 0 saturated heterocycles. The molecule has 2 rings (SSSR count). The van der Waals surface area contributed by atoms with Gasteiger partial charge in [-0.3, -0.25) is 9.36 Å². The van der Waals surface area contributed by atoms with Crippen LogP contribution in [0.3, 0.4) is 0 Å². The van der Waals surface area contributed by atoms with Crippen LogP contribution in [0.4, 0.5) is 5.69 Å². The van der Waals surface area contributed by atoms with Gasteiger partial charge in [-0.2, -0.15) is 0 Å². The van der Waals surface area contributed by atoms with E-state index in [0.29, 0.717) is 5.69 Å². The van der Waals surface area contributed by atoms with E-state index in [1.807, 2.05) is 6.07 Å². The maximum atomic E-state index is 11.4. The van der Waals surface area contributed by atoms with E-state index in [2.05, 4.69) is 31.2 Å². The fourth-order valence-corrected chi connectivity index (χ4v) is 1.36. The molecule has 0 saturated carbocycles. The van der Waals surface area contributed by atoms with Gasteiger partial charge >= 0.3 is 0 Å². The van der Waals surface area contributed by atoms with Crippen molar-refractivity contribution in [2.75, 3.05) is 5.32 Å². The number of imidazole rings is 1. The molecule has 1 amide bonds. The lowest BCUT2D eigenvalue weighted by atomic mass is 10.3. The second-order valence-corrected chi connectivity index (χ2v) is 4.85. The number of nitrogens with zero attached hydrogens (tertiary/aromatic N) is 3. The van der Waals surface area contributed by atoms with E-state index in [0.717, 1.165) is 5.82 Å². The molecule has 1 N–H and O–H groups in total. The number of alkyl halides is 1. The van der Waals surface area contributed by atoms with Crippen molar-refractivity contribution in [2.45, 2.75) is 11.8 Å². The van der Waals surface area contributed by atoms with Crippen molar-refractivity contribution in [1.29, 1.82) is 0 Å². The highest BCUT2D eigenvalue weighted by Crippen LogP contribution is 2.11. The predicted octanol–water partition coefficient (Wildman–Crippen LogP) is 1.99. The highest BCUT2D eigenvalue weighted by atomic mass is 79.9. The summed E-state index contributed by atoms with van der Waals surface area (Å²) in [6.45, 7) is 1.77. The average Bonchev–Trinajstić information content (AvgIpc) is 2.83. The van der Waals surface area contributed by atoms with Crippen molar-refractivity contribution in [2.24, 2.45) is 0 Å². The predicted molar refractivity (Wildman–Crippen MR) is 68.4 cm³/mol. The van der Waals surface area contributed by atoms with Crippen molar-refractivity contribution in [3.05, 3.63) is 37.1 Å². The summed E-state index contributed by atoms with van der Waals surface area (Å²) in [7, 11) is 0. The Morgan fingerprint density at radius 2 is 2.35 bits per heavy atom. The van der Waals surface area contributed by atoms with E-state index < -0.39 is 0 Å². The van der Waals surface area contributed by atoms with Crippen LogP contribution in [0.5, 0.6) is 0 Å². The van der Waals surface area contributed by atoms with Gasteiger partial charge in [-0.25, -0.2) is 9.97 Å². The molecule has 0 aliphatic heterocycles. The molecule has 17 heavy (non-hydrogen) atoms. The lowest BCUT2D eigenvalue weighted by Gasteiger charge is -2.07. The first-order valence-corrected chi connectivity index (χ1v) is 5.97. The highest BCUT2D eigenvalue weighted by molar-refractivity contribution is 9.10. The number of pyridine rings is 1. The molecular weight excluding hydrogens is 284 g/mol. The number of carbonyl (C=O) groups excluding carboxylic acids is 1. The molecule has 0 aliphatic carbocycles. The molecule has 5 nitrogen and oxygen atoms in total. The number of hydrogen-bond donors (Lipinski definition) is 1. The Labute approximate surface area is 107 Å². The average molecular weight is 295 g/mol. The number of anilines is 1. The third-order valence-corrected chi connectivity index (χ3v) is 2.56. The van der Waals surface area contributed by atoms with E-state index in [9.17, 15) is 4.79 Å². The summed E-state index contributed by atoms with van der Waals surface area (Å²) in [5.41, 5.74) is 0.671. The first kappa shape index (κ1) is 11.8. The van der Waals surface area contributed by atoms with Crippen LogP contribution in [0.25, 0.3) is 5.82 Å². The van der Waals surface area contributed by atoms with Gasteiger partial charge in [0.1, 0.15) is 12.1 Å². The molecule has 0 bridgehead atoms. The zero-order valence-corrected chi connectivity index (χ0v) is 10.8. The Hall–Kier alpha value is -1.69. The number of aromatic nitrogens is 3. The Bertz CT molecular complexity index is 493. The highest BCUT2D eigenvalue weighted by Gasteiger charge is 2.08. The largest absolute Gasteiger partial charge is 0.324 e. The second kappa shape index (κ2) is 5.09. The van der Waals surface area contributed by atoms with Crippen molar-refractivity contribution >= 4 is 27.5 Å². The van der Waals surface area contributed by atoms with Gasteiger partial charge in [-0.15, -0.1) is 0 Å². The van der Waals surface area contributed by atoms with Gasteiger partial charge < -0.3 is 5.32 Å². The summed E-state index contributed by atoms with van der Waals surface area (Å²) in [5, 5.41) is 2.74. The number of nitrogens with one attached hydrogen (secondary N) is 1. The molecule has 6 heteroatoms. The standard InChI is InChI=1S/C11H11BrN4O/c1-8(12)11(17)15-9-2-3-10(14-6-9)16-5-4-13-7-16/h2-8H,1H3,(H,15,17). The van der Waals surface area contributed by atoms with Crippen molar-refractivity contribution in [3.63, 3.8) is 0 Å². The Kier molecular flexibility index (Phi) is 3.53. The van der Waals surface area contributed by atoms with Gasteiger partial charge in [-0.1, -0.05) is 15.9 Å². The molecule has 2 aromatic rings. The summed E-state index contributed by atoms with van der Waals surface area (Å²) in [6, 6.07) is 3.62. The Morgan fingerprint density at radius 1 is 1.53 bits per heavy atom. The molecule has 2 heterocycles. The first-order chi connectivity index (χ1) is 8.16. The monoisotopic (exact) mass is 294 g/mol. The van der Waals surface area contributed by atoms with E-state index >= 15 is 0 Å². The topological polar surface area (TPSA) is 59.8 Å². The molecular formula is C11H11BrN4O. The van der Waals surface area contributed by atoms with Crippen LogP contribution in [-0.4, -0.2) is 25.3 Å². The first-order valence-electron chi connectivity index (χ1n) is 5.06. The summed E-state index contributed by atoms with van der Waals surface area (Å²) in [6.07, 6.45) is 6.77. The number of rotatable bonds is 3. The fraction of sp³-hybridized carbons (Fsp3) is 0.182. The number of hydrogen-bond acceptors (Lipinski definition) is 3. The van der Waals surface area contributed by atoms with Gasteiger partial charge in [-0.05, 0) is 19.1 Å². The molecule has 0 spiro atoms. The van der Waals surface area contributed by atoms with Crippen molar-refractivity contribution in [1.82, 2.24) is 14.5 Å². The summed E-state index contributed by atoms with van der Waals surface area (Å²) < 4.78 is 1.79. The lowest BCUT2D eigenvalue weighted by Crippen LogP contribution is -2.19. The smallest absolute Gasteiger partial charge is 0.237 e. The third kappa shape index (κ3) is 2.91. The van der Waals surface area contributed by atoms with Gasteiger partial charge in [0.15, 0.2) is 0 Å². The SMILES string of the molecule is CC(Br)C(=O)Nc1ccc(-n2ccnc2)nc1. The van der Waals surface area contributed by atoms with E-state index in [1.54, 1.807) is 42.5 Å². The van der Waals surface area contributed by atoms with E-state index in [-0.39, 0.29) is 10.7 Å². The minimum atomic E-state index is -0.226. The zero-order chi connectivity index (χ0) is 12.3. The van der Waals surface area contributed by atoms with E-state index in [1.165, 1.54) is 0 Å². The number of halogens is 1. The van der Waals surface area contributed by atoms with Gasteiger partial charge in [0.05, 0.1) is 16.7 Å². The van der Waals surface area contributed by atoms with Gasteiger partial charge in [0.2, 0.25) is 5.91 Å².